The highest BCUT2D eigenvalue weighted by Crippen LogP contribution is 2.62. The summed E-state index contributed by atoms with van der Waals surface area (Å²) in [6, 6.07) is 8.21. The summed E-state index contributed by atoms with van der Waals surface area (Å²) in [4.78, 5) is 13.2. The topological polar surface area (TPSA) is 51.2 Å². The molecule has 3 aliphatic carbocycles. The number of Topliss-reactive ketones (excluding diaryl/α,β-unsaturated/α-hetero) is 1. The lowest BCUT2D eigenvalue weighted by Gasteiger charge is -2.57. The van der Waals surface area contributed by atoms with Gasteiger partial charge in [-0.3, -0.25) is 4.79 Å². The number of carbonyl (C=O) groups excluding carboxylic acids is 1. The van der Waals surface area contributed by atoms with E-state index >= 15 is 0 Å². The average Bonchev–Trinajstić information content (AvgIpc) is 2.54. The van der Waals surface area contributed by atoms with Crippen molar-refractivity contribution in [3.8, 4) is 12.3 Å². The molecule has 3 nitrogen and oxygen atoms in total. The second-order valence-corrected chi connectivity index (χ2v) is 9.32. The molecule has 0 saturated heterocycles. The van der Waals surface area contributed by atoms with Crippen LogP contribution in [0.3, 0.4) is 0 Å². The van der Waals surface area contributed by atoms with Crippen LogP contribution in [0.5, 0.6) is 0 Å². The molecule has 0 unspecified atom stereocenters. The van der Waals surface area contributed by atoms with Crippen molar-refractivity contribution in [3.63, 3.8) is 0 Å². The summed E-state index contributed by atoms with van der Waals surface area (Å²) in [7, 11) is -3.81. The Labute approximate surface area is 144 Å². The van der Waals surface area contributed by atoms with Crippen LogP contribution in [-0.4, -0.2) is 14.2 Å². The number of benzene rings is 1. The average molecular weight is 342 g/mol. The third-order valence-corrected chi connectivity index (χ3v) is 7.59. The molecule has 0 N–H and O–H groups in total. The minimum absolute atomic E-state index is 0.0111. The molecule has 4 rings (SSSR count). The monoisotopic (exact) mass is 342 g/mol. The molecule has 0 aromatic heterocycles. The Balaban J connectivity index is 2.23. The van der Waals surface area contributed by atoms with Crippen molar-refractivity contribution in [2.75, 3.05) is 0 Å². The van der Waals surface area contributed by atoms with E-state index in [1.807, 2.05) is 6.92 Å². The number of terminal acetylenes is 1. The summed E-state index contributed by atoms with van der Waals surface area (Å²) in [5.41, 5.74) is 0.555. The maximum absolute atomic E-state index is 13.2. The van der Waals surface area contributed by atoms with Crippen LogP contribution in [0.25, 0.3) is 0 Å². The normalized spacial score (nSPS) is 26.5. The third-order valence-electron chi connectivity index (χ3n) is 5.72. The number of hydrogen-bond donors (Lipinski definition) is 0. The van der Waals surface area contributed by atoms with E-state index in [9.17, 15) is 13.2 Å². The Kier molecular flexibility index (Phi) is 3.96. The van der Waals surface area contributed by atoms with E-state index in [1.54, 1.807) is 30.3 Å². The Bertz CT molecular complexity index is 854. The summed E-state index contributed by atoms with van der Waals surface area (Å²) in [6.07, 6.45) is 6.63. The van der Waals surface area contributed by atoms with Crippen molar-refractivity contribution in [3.05, 3.63) is 40.8 Å². The van der Waals surface area contributed by atoms with Crippen LogP contribution in [0.4, 0.5) is 0 Å². The zero-order valence-electron chi connectivity index (χ0n) is 14.2. The lowest BCUT2D eigenvalue weighted by molar-refractivity contribution is -0.135. The Morgan fingerprint density at radius 3 is 2.42 bits per heavy atom. The van der Waals surface area contributed by atoms with Crippen LogP contribution in [0, 0.1) is 35.5 Å². The van der Waals surface area contributed by atoms with Crippen LogP contribution in [0.15, 0.2) is 45.7 Å². The molecule has 0 heterocycles. The summed E-state index contributed by atoms with van der Waals surface area (Å²) < 4.78 is 26.3. The van der Waals surface area contributed by atoms with Crippen LogP contribution in [-0.2, 0) is 14.6 Å². The molecule has 0 aliphatic heterocycles. The molecule has 1 aromatic rings. The second-order valence-electron chi connectivity index (χ2n) is 7.44. The van der Waals surface area contributed by atoms with Gasteiger partial charge in [-0.15, -0.1) is 12.3 Å². The summed E-state index contributed by atoms with van der Waals surface area (Å²) >= 11 is 0. The first-order valence-electron chi connectivity index (χ1n) is 8.24. The maximum atomic E-state index is 13.2. The molecular formula is C20H22O3S. The number of hydrogen-bond acceptors (Lipinski definition) is 3. The Morgan fingerprint density at radius 1 is 1.25 bits per heavy atom. The van der Waals surface area contributed by atoms with Crippen molar-refractivity contribution < 1.29 is 13.2 Å². The first-order chi connectivity index (χ1) is 11.2. The van der Waals surface area contributed by atoms with E-state index in [0.717, 1.165) is 12.0 Å². The molecule has 1 saturated carbocycles. The van der Waals surface area contributed by atoms with E-state index in [2.05, 4.69) is 19.8 Å². The molecule has 3 aliphatic rings. The molecule has 0 amide bonds. The Morgan fingerprint density at radius 2 is 1.88 bits per heavy atom. The fraction of sp³-hybridized carbons (Fsp3) is 0.450. The van der Waals surface area contributed by atoms with Gasteiger partial charge in [-0.2, -0.15) is 0 Å². The fourth-order valence-corrected chi connectivity index (χ4v) is 6.03. The molecule has 0 radical (unpaired) electrons. The molecular weight excluding hydrogens is 320 g/mol. The van der Waals surface area contributed by atoms with Crippen LogP contribution < -0.4 is 0 Å². The lowest BCUT2D eigenvalue weighted by Crippen LogP contribution is -2.55. The van der Waals surface area contributed by atoms with Gasteiger partial charge in [-0.1, -0.05) is 39.0 Å². The van der Waals surface area contributed by atoms with E-state index in [4.69, 9.17) is 6.42 Å². The number of ketones is 1. The van der Waals surface area contributed by atoms with Crippen LogP contribution >= 0.6 is 0 Å². The first-order valence-corrected chi connectivity index (χ1v) is 9.73. The minimum Gasteiger partial charge on any atom is -0.293 e. The summed E-state index contributed by atoms with van der Waals surface area (Å²) in [5.74, 6) is 2.17. The van der Waals surface area contributed by atoms with Crippen LogP contribution in [0.1, 0.15) is 33.6 Å². The molecule has 2 bridgehead atoms. The minimum atomic E-state index is -3.81. The van der Waals surface area contributed by atoms with Gasteiger partial charge < -0.3 is 0 Å². The van der Waals surface area contributed by atoms with Gasteiger partial charge in [0.1, 0.15) is 4.91 Å². The number of fused-ring (bicyclic) bond motifs is 1. The predicted octanol–water partition coefficient (Wildman–Crippen LogP) is 3.62. The van der Waals surface area contributed by atoms with E-state index in [-0.39, 0.29) is 38.8 Å². The van der Waals surface area contributed by atoms with Gasteiger partial charge in [0.15, 0.2) is 5.78 Å². The zero-order chi connectivity index (χ0) is 17.7. The third kappa shape index (κ3) is 2.26. The van der Waals surface area contributed by atoms with Crippen molar-refractivity contribution in [1.29, 1.82) is 0 Å². The lowest BCUT2D eigenvalue weighted by atomic mass is 9.47. The standard InChI is InChI=1S/C20H22O3S/c1-5-9-13(2)17-15-12-16(20(15,3)4)18(21)19(17)24(22,23)14-10-7-6-8-11-14/h1,6-8,10-11,13,15-16H,9,12H2,2-4H3/t13-,15+,16-/m0/s1. The van der Waals surface area contributed by atoms with E-state index in [1.165, 1.54) is 0 Å². The summed E-state index contributed by atoms with van der Waals surface area (Å²) in [6.45, 7) is 6.04. The van der Waals surface area contributed by atoms with Crippen molar-refractivity contribution in [2.45, 2.75) is 38.5 Å². The van der Waals surface area contributed by atoms with Gasteiger partial charge in [0.25, 0.3) is 0 Å². The van der Waals surface area contributed by atoms with E-state index < -0.39 is 9.84 Å². The van der Waals surface area contributed by atoms with Gasteiger partial charge in [0, 0.05) is 12.3 Å². The van der Waals surface area contributed by atoms with Gasteiger partial charge in [-0.05, 0) is 41.4 Å². The molecule has 4 heteroatoms. The van der Waals surface area contributed by atoms with Gasteiger partial charge in [0.2, 0.25) is 9.84 Å². The molecule has 1 aromatic carbocycles. The van der Waals surface area contributed by atoms with Crippen LogP contribution in [0.2, 0.25) is 0 Å². The quantitative estimate of drug-likeness (QED) is 0.785. The van der Waals surface area contributed by atoms with Crippen molar-refractivity contribution in [2.24, 2.45) is 23.2 Å². The molecule has 0 spiro atoms. The zero-order valence-corrected chi connectivity index (χ0v) is 15.1. The highest BCUT2D eigenvalue weighted by atomic mass is 32.2. The highest BCUT2D eigenvalue weighted by Gasteiger charge is 2.60. The molecule has 126 valence electrons. The number of allylic oxidation sites excluding steroid dienone is 2. The molecule has 3 atom stereocenters. The van der Waals surface area contributed by atoms with Gasteiger partial charge in [0.05, 0.1) is 4.90 Å². The second kappa shape index (κ2) is 5.60. The smallest absolute Gasteiger partial charge is 0.210 e. The van der Waals surface area contributed by atoms with Crippen molar-refractivity contribution in [1.82, 2.24) is 0 Å². The maximum Gasteiger partial charge on any atom is 0.210 e. The first kappa shape index (κ1) is 17.0. The van der Waals surface area contributed by atoms with Gasteiger partial charge >= 0.3 is 0 Å². The molecule has 1 fully saturated rings. The number of carbonyl (C=O) groups is 1. The van der Waals surface area contributed by atoms with E-state index in [0.29, 0.717) is 6.42 Å². The Hall–Kier alpha value is -1.86. The van der Waals surface area contributed by atoms with Crippen molar-refractivity contribution >= 4 is 15.6 Å². The molecule has 24 heavy (non-hydrogen) atoms. The SMILES string of the molecule is C#CC[C@H](C)C1=C(S(=O)(=O)c2ccccc2)C(=O)[C@@H]2C[C@H]1C2(C)C. The summed E-state index contributed by atoms with van der Waals surface area (Å²) in [5, 5.41) is 0. The largest absolute Gasteiger partial charge is 0.293 e. The number of rotatable bonds is 4. The highest BCUT2D eigenvalue weighted by molar-refractivity contribution is 7.96. The number of sulfone groups is 1. The predicted molar refractivity (Wildman–Crippen MR) is 93.7 cm³/mol. The van der Waals surface area contributed by atoms with Gasteiger partial charge in [-0.25, -0.2) is 8.42 Å². The fourth-order valence-electron chi connectivity index (χ4n) is 4.22.